The number of nitrogens with zero attached hydrogens (tertiary/aromatic N) is 2. The molecule has 0 unspecified atom stereocenters. The first-order valence-corrected chi connectivity index (χ1v) is 9.99. The molecule has 0 aliphatic rings. The maximum atomic E-state index is 12.2. The van der Waals surface area contributed by atoms with Crippen molar-refractivity contribution in [1.82, 2.24) is 8.87 Å². The van der Waals surface area contributed by atoms with Crippen molar-refractivity contribution in [3.63, 3.8) is 0 Å². The molecule has 3 rings (SSSR count). The number of benzene rings is 2. The third-order valence-corrected chi connectivity index (χ3v) is 6.55. The molecule has 0 saturated heterocycles. The van der Waals surface area contributed by atoms with Crippen molar-refractivity contribution >= 4 is 21.6 Å². The van der Waals surface area contributed by atoms with Crippen LogP contribution in [0.3, 0.4) is 0 Å². The van der Waals surface area contributed by atoms with Crippen molar-refractivity contribution < 1.29 is 8.42 Å². The minimum absolute atomic E-state index is 0.287. The van der Waals surface area contributed by atoms with Gasteiger partial charge in [-0.25, -0.2) is 12.7 Å². The second-order valence-electron chi connectivity index (χ2n) is 6.44. The fraction of sp³-hybridized carbons (Fsp3) is 0.200. The smallest absolute Gasteiger partial charge is 0.242 e. The largest absolute Gasteiger partial charge is 0.343 e. The number of rotatable bonds is 4. The summed E-state index contributed by atoms with van der Waals surface area (Å²) in [4.78, 5) is 0.287. The number of halogens is 1. The van der Waals surface area contributed by atoms with Crippen LogP contribution in [0.1, 0.15) is 5.56 Å². The van der Waals surface area contributed by atoms with Gasteiger partial charge in [-0.1, -0.05) is 35.9 Å². The van der Waals surface area contributed by atoms with Gasteiger partial charge >= 0.3 is 0 Å². The van der Waals surface area contributed by atoms with E-state index in [4.69, 9.17) is 11.6 Å². The molecule has 0 N–H and O–H groups in total. The monoisotopic (exact) mass is 388 g/mol. The van der Waals surface area contributed by atoms with Gasteiger partial charge in [0.25, 0.3) is 0 Å². The number of hydrogen-bond acceptors (Lipinski definition) is 2. The molecule has 0 atom stereocenters. The zero-order chi connectivity index (χ0) is 19.1. The first kappa shape index (κ1) is 18.7. The highest BCUT2D eigenvalue weighted by atomic mass is 35.5. The minimum atomic E-state index is -3.42. The fourth-order valence-electron chi connectivity index (χ4n) is 3.07. The van der Waals surface area contributed by atoms with E-state index in [-0.39, 0.29) is 4.90 Å². The summed E-state index contributed by atoms with van der Waals surface area (Å²) in [5.41, 5.74) is 5.35. The second kappa shape index (κ2) is 6.91. The van der Waals surface area contributed by atoms with Gasteiger partial charge in [-0.2, -0.15) is 0 Å². The molecule has 0 aliphatic heterocycles. The quantitative estimate of drug-likeness (QED) is 0.656. The zero-order valence-electron chi connectivity index (χ0n) is 15.2. The van der Waals surface area contributed by atoms with Crippen molar-refractivity contribution in [2.24, 2.45) is 7.05 Å². The molecule has 6 heteroatoms. The van der Waals surface area contributed by atoms with Gasteiger partial charge in [0.05, 0.1) is 10.6 Å². The lowest BCUT2D eigenvalue weighted by atomic mass is 10.1. The molecule has 0 spiro atoms. The van der Waals surface area contributed by atoms with Crippen molar-refractivity contribution in [3.8, 4) is 22.5 Å². The van der Waals surface area contributed by atoms with Crippen LogP contribution in [0.25, 0.3) is 22.5 Å². The molecule has 2 aromatic carbocycles. The Kier molecular flexibility index (Phi) is 4.97. The summed E-state index contributed by atoms with van der Waals surface area (Å²) in [6.45, 7) is 2.07. The van der Waals surface area contributed by atoms with Crippen LogP contribution in [-0.2, 0) is 17.1 Å². The number of aromatic nitrogens is 1. The highest BCUT2D eigenvalue weighted by molar-refractivity contribution is 7.89. The van der Waals surface area contributed by atoms with Crippen LogP contribution in [0.4, 0.5) is 0 Å². The van der Waals surface area contributed by atoms with E-state index >= 15 is 0 Å². The SMILES string of the molecule is Cc1cc(-c2ccc(S(=O)(=O)N(C)C)cc2)n(C)c1-c1ccc(Cl)cc1. The Morgan fingerprint density at radius 3 is 2.00 bits per heavy atom. The molecular formula is C20H21ClN2O2S. The lowest BCUT2D eigenvalue weighted by Gasteiger charge is -2.12. The van der Waals surface area contributed by atoms with Gasteiger partial charge in [0.1, 0.15) is 0 Å². The van der Waals surface area contributed by atoms with Crippen LogP contribution in [0.5, 0.6) is 0 Å². The standard InChI is InChI=1S/C20H21ClN2O2S/c1-14-13-19(23(4)20(14)16-5-9-17(21)10-6-16)15-7-11-18(12-8-15)26(24,25)22(2)3/h5-13H,1-4H3. The summed E-state index contributed by atoms with van der Waals surface area (Å²) in [6.07, 6.45) is 0. The van der Waals surface area contributed by atoms with Crippen molar-refractivity contribution in [1.29, 1.82) is 0 Å². The van der Waals surface area contributed by atoms with Crippen LogP contribution in [0.2, 0.25) is 5.02 Å². The Bertz CT molecular complexity index is 1030. The molecule has 0 aliphatic carbocycles. The van der Waals surface area contributed by atoms with E-state index in [1.54, 1.807) is 12.1 Å². The maximum Gasteiger partial charge on any atom is 0.242 e. The number of aryl methyl sites for hydroxylation is 1. The predicted octanol–water partition coefficient (Wildman–Crippen LogP) is 4.57. The normalized spacial score (nSPS) is 11.9. The van der Waals surface area contributed by atoms with E-state index < -0.39 is 10.0 Å². The Labute approximate surface area is 159 Å². The first-order valence-electron chi connectivity index (χ1n) is 8.17. The highest BCUT2D eigenvalue weighted by Crippen LogP contribution is 2.32. The molecule has 1 aromatic heterocycles. The fourth-order valence-corrected chi connectivity index (χ4v) is 4.10. The number of sulfonamides is 1. The lowest BCUT2D eigenvalue weighted by Crippen LogP contribution is -2.22. The van der Waals surface area contributed by atoms with Crippen LogP contribution in [0, 0.1) is 6.92 Å². The van der Waals surface area contributed by atoms with E-state index in [9.17, 15) is 8.42 Å². The molecule has 0 saturated carbocycles. The third-order valence-electron chi connectivity index (χ3n) is 4.47. The van der Waals surface area contributed by atoms with E-state index in [0.717, 1.165) is 28.1 Å². The van der Waals surface area contributed by atoms with E-state index in [2.05, 4.69) is 17.6 Å². The minimum Gasteiger partial charge on any atom is -0.343 e. The summed E-state index contributed by atoms with van der Waals surface area (Å²) in [6, 6.07) is 16.9. The van der Waals surface area contributed by atoms with E-state index in [1.165, 1.54) is 18.4 Å². The average molecular weight is 389 g/mol. The van der Waals surface area contributed by atoms with Gasteiger partial charge in [-0.15, -0.1) is 0 Å². The summed E-state index contributed by atoms with van der Waals surface area (Å²) in [5, 5.41) is 0.707. The van der Waals surface area contributed by atoms with E-state index in [0.29, 0.717) is 5.02 Å². The summed E-state index contributed by atoms with van der Waals surface area (Å²) in [5.74, 6) is 0. The highest BCUT2D eigenvalue weighted by Gasteiger charge is 2.18. The zero-order valence-corrected chi connectivity index (χ0v) is 16.8. The molecule has 0 bridgehead atoms. The second-order valence-corrected chi connectivity index (χ2v) is 9.03. The van der Waals surface area contributed by atoms with Crippen LogP contribution < -0.4 is 0 Å². The molecule has 3 aromatic rings. The van der Waals surface area contributed by atoms with Crippen molar-refractivity contribution in [2.75, 3.05) is 14.1 Å². The van der Waals surface area contributed by atoms with Gasteiger partial charge in [0.15, 0.2) is 0 Å². The van der Waals surface area contributed by atoms with Gasteiger partial charge in [-0.05, 0) is 53.9 Å². The van der Waals surface area contributed by atoms with Crippen molar-refractivity contribution in [3.05, 3.63) is 65.2 Å². The maximum absolute atomic E-state index is 12.2. The van der Waals surface area contributed by atoms with Crippen LogP contribution in [0.15, 0.2) is 59.5 Å². The molecule has 0 fully saturated rings. The van der Waals surface area contributed by atoms with Crippen LogP contribution in [-0.4, -0.2) is 31.4 Å². The molecular weight excluding hydrogens is 368 g/mol. The molecule has 26 heavy (non-hydrogen) atoms. The van der Waals surface area contributed by atoms with Gasteiger partial charge in [0, 0.05) is 31.9 Å². The summed E-state index contributed by atoms with van der Waals surface area (Å²) >= 11 is 5.99. The van der Waals surface area contributed by atoms with Gasteiger partial charge < -0.3 is 4.57 Å². The molecule has 0 amide bonds. The average Bonchev–Trinajstić information content (AvgIpc) is 2.90. The Balaban J connectivity index is 2.04. The third kappa shape index (κ3) is 3.30. The Hall–Kier alpha value is -2.08. The topological polar surface area (TPSA) is 42.3 Å². The van der Waals surface area contributed by atoms with Gasteiger partial charge in [0.2, 0.25) is 10.0 Å². The lowest BCUT2D eigenvalue weighted by molar-refractivity contribution is 0.521. The molecule has 136 valence electrons. The van der Waals surface area contributed by atoms with E-state index in [1.807, 2.05) is 43.4 Å². The van der Waals surface area contributed by atoms with Crippen molar-refractivity contribution in [2.45, 2.75) is 11.8 Å². The molecule has 1 heterocycles. The van der Waals surface area contributed by atoms with Crippen LogP contribution >= 0.6 is 11.6 Å². The molecule has 0 radical (unpaired) electrons. The molecule has 4 nitrogen and oxygen atoms in total. The summed E-state index contributed by atoms with van der Waals surface area (Å²) in [7, 11) is 1.65. The number of hydrogen-bond donors (Lipinski definition) is 0. The Morgan fingerprint density at radius 2 is 1.46 bits per heavy atom. The predicted molar refractivity (Wildman–Crippen MR) is 107 cm³/mol. The Morgan fingerprint density at radius 1 is 0.923 bits per heavy atom. The summed E-state index contributed by atoms with van der Waals surface area (Å²) < 4.78 is 27.8. The first-order chi connectivity index (χ1) is 12.2. The van der Waals surface area contributed by atoms with Gasteiger partial charge in [-0.3, -0.25) is 0 Å².